The van der Waals surface area contributed by atoms with Crippen LogP contribution in [0.5, 0.6) is 0 Å². The quantitative estimate of drug-likeness (QED) is 0.306. The second kappa shape index (κ2) is 11.2. The molecule has 0 amide bonds. The Morgan fingerprint density at radius 3 is 2.73 bits per heavy atom. The second-order valence-corrected chi connectivity index (χ2v) is 11.7. The molecule has 1 saturated heterocycles. The van der Waals surface area contributed by atoms with E-state index in [-0.39, 0.29) is 17.8 Å². The smallest absolute Gasteiger partial charge is 0.384 e. The number of rotatable bonds is 6. The minimum atomic E-state index is -0.668. The molecule has 1 atom stereocenters. The Kier molecular flexibility index (Phi) is 7.46. The van der Waals surface area contributed by atoms with E-state index in [1.807, 2.05) is 24.3 Å². The number of H-pyrrole nitrogens is 1. The molecular formula is C29H34ClN7O3. The molecule has 10 nitrogen and oxygen atoms in total. The van der Waals surface area contributed by atoms with E-state index in [1.165, 1.54) is 31.3 Å². The van der Waals surface area contributed by atoms with Crippen molar-refractivity contribution >= 4 is 28.7 Å². The number of ether oxygens (including phenoxy) is 1. The van der Waals surface area contributed by atoms with Gasteiger partial charge in [-0.15, -0.1) is 5.10 Å². The number of hydrogen-bond acceptors (Lipinski definition) is 8. The molecule has 1 saturated carbocycles. The van der Waals surface area contributed by atoms with E-state index < -0.39 is 5.76 Å². The summed E-state index contributed by atoms with van der Waals surface area (Å²) in [6, 6.07) is 7.64. The summed E-state index contributed by atoms with van der Waals surface area (Å²) >= 11 is 6.44. The fourth-order valence-electron chi connectivity index (χ4n) is 5.84. The number of morpholine rings is 1. The molecule has 0 bridgehead atoms. The molecule has 1 aliphatic heterocycles. The molecule has 210 valence electrons. The van der Waals surface area contributed by atoms with Gasteiger partial charge < -0.3 is 18.6 Å². The Hall–Kier alpha value is -3.50. The van der Waals surface area contributed by atoms with Crippen molar-refractivity contribution in [2.24, 2.45) is 11.8 Å². The van der Waals surface area contributed by atoms with Gasteiger partial charge in [0.05, 0.1) is 19.3 Å². The SMILES string of the molecule is CC(C)=CC1COCCN1c1nc2nc(-c3n[nH]c(=O)o3)nc(-c3cccc(Cl)c3)c2n1C[C@H]1CC[C@H](C)CC1. The van der Waals surface area contributed by atoms with Crippen LogP contribution in [0.2, 0.25) is 5.02 Å². The average Bonchev–Trinajstić information content (AvgIpc) is 3.53. The molecular weight excluding hydrogens is 530 g/mol. The molecule has 6 rings (SSSR count). The van der Waals surface area contributed by atoms with Gasteiger partial charge in [-0.2, -0.15) is 4.98 Å². The van der Waals surface area contributed by atoms with Crippen LogP contribution in [0, 0.1) is 11.8 Å². The van der Waals surface area contributed by atoms with E-state index in [2.05, 4.69) is 46.5 Å². The number of halogens is 1. The van der Waals surface area contributed by atoms with Crippen molar-refractivity contribution in [3.63, 3.8) is 0 Å². The minimum absolute atomic E-state index is 0.0151. The van der Waals surface area contributed by atoms with Crippen LogP contribution in [0.25, 0.3) is 34.1 Å². The number of allylic oxidation sites excluding steroid dienone is 1. The molecule has 0 radical (unpaired) electrons. The maximum atomic E-state index is 11.8. The van der Waals surface area contributed by atoms with Crippen LogP contribution < -0.4 is 10.7 Å². The largest absolute Gasteiger partial charge is 0.434 e. The first kappa shape index (κ1) is 26.7. The predicted molar refractivity (Wildman–Crippen MR) is 154 cm³/mol. The Bertz CT molecular complexity index is 1590. The zero-order valence-corrected chi connectivity index (χ0v) is 23.8. The highest BCUT2D eigenvalue weighted by Crippen LogP contribution is 2.37. The van der Waals surface area contributed by atoms with E-state index in [0.29, 0.717) is 42.0 Å². The van der Waals surface area contributed by atoms with Crippen LogP contribution in [0.1, 0.15) is 46.5 Å². The maximum absolute atomic E-state index is 11.8. The molecule has 1 aliphatic carbocycles. The number of nitrogens with zero attached hydrogens (tertiary/aromatic N) is 6. The van der Waals surface area contributed by atoms with E-state index >= 15 is 0 Å². The van der Waals surface area contributed by atoms with Crippen molar-refractivity contribution in [3.05, 3.63) is 51.5 Å². The van der Waals surface area contributed by atoms with Crippen molar-refractivity contribution in [1.29, 1.82) is 0 Å². The van der Waals surface area contributed by atoms with Crippen molar-refractivity contribution in [2.45, 2.75) is 59.0 Å². The van der Waals surface area contributed by atoms with Crippen LogP contribution in [0.3, 0.4) is 0 Å². The summed E-state index contributed by atoms with van der Waals surface area (Å²) < 4.78 is 13.4. The molecule has 0 spiro atoms. The molecule has 2 aliphatic rings. The Morgan fingerprint density at radius 1 is 1.18 bits per heavy atom. The first-order valence-corrected chi connectivity index (χ1v) is 14.3. The highest BCUT2D eigenvalue weighted by atomic mass is 35.5. The van der Waals surface area contributed by atoms with Gasteiger partial charge in [0.15, 0.2) is 5.65 Å². The highest BCUT2D eigenvalue weighted by molar-refractivity contribution is 6.30. The van der Waals surface area contributed by atoms with Gasteiger partial charge in [-0.05, 0) is 50.7 Å². The molecule has 2 fully saturated rings. The van der Waals surface area contributed by atoms with E-state index in [1.54, 1.807) is 0 Å². The molecule has 1 unspecified atom stereocenters. The normalized spacial score (nSPS) is 21.6. The molecule has 3 aromatic heterocycles. The molecule has 1 aromatic carbocycles. The van der Waals surface area contributed by atoms with Gasteiger partial charge in [-0.3, -0.25) is 0 Å². The van der Waals surface area contributed by atoms with Gasteiger partial charge in [-0.25, -0.2) is 19.9 Å². The summed E-state index contributed by atoms with van der Waals surface area (Å²) in [6.07, 6.45) is 7.03. The van der Waals surface area contributed by atoms with Crippen LogP contribution in [-0.2, 0) is 11.3 Å². The third-order valence-electron chi connectivity index (χ3n) is 7.83. The molecule has 4 aromatic rings. The van der Waals surface area contributed by atoms with Crippen molar-refractivity contribution < 1.29 is 9.15 Å². The Labute approximate surface area is 237 Å². The van der Waals surface area contributed by atoms with Gasteiger partial charge in [0.1, 0.15) is 11.2 Å². The summed E-state index contributed by atoms with van der Waals surface area (Å²) in [5.41, 5.74) is 4.07. The van der Waals surface area contributed by atoms with E-state index in [4.69, 9.17) is 35.7 Å². The number of hydrogen-bond donors (Lipinski definition) is 1. The summed E-state index contributed by atoms with van der Waals surface area (Å²) in [7, 11) is 0. The van der Waals surface area contributed by atoms with Crippen LogP contribution in [-0.4, -0.2) is 55.5 Å². The zero-order chi connectivity index (χ0) is 27.8. The molecule has 4 heterocycles. The lowest BCUT2D eigenvalue weighted by Gasteiger charge is -2.36. The van der Waals surface area contributed by atoms with Crippen LogP contribution in [0.4, 0.5) is 5.95 Å². The standard InChI is InChI=1S/C29H34ClN7O3/c1-17(2)13-22-16-39-12-11-36(22)28-33-25-24(37(28)15-19-9-7-18(3)8-10-19)23(20-5-4-6-21(30)14-20)31-26(32-25)27-34-35-29(38)40-27/h4-6,13-14,18-19,22H,7-12,15-16H2,1-3H3,(H,35,38)/t18-,19-,22?. The minimum Gasteiger partial charge on any atom is -0.384 e. The van der Waals surface area contributed by atoms with Crippen molar-refractivity contribution in [3.8, 4) is 23.0 Å². The van der Waals surface area contributed by atoms with E-state index in [9.17, 15) is 4.79 Å². The number of imidazole rings is 1. The first-order valence-electron chi connectivity index (χ1n) is 13.9. The van der Waals surface area contributed by atoms with Gasteiger partial charge in [0.25, 0.3) is 5.89 Å². The summed E-state index contributed by atoms with van der Waals surface area (Å²) in [6.45, 7) is 9.27. The second-order valence-electron chi connectivity index (χ2n) is 11.2. The van der Waals surface area contributed by atoms with Crippen molar-refractivity contribution in [2.75, 3.05) is 24.7 Å². The van der Waals surface area contributed by atoms with Gasteiger partial charge in [0, 0.05) is 23.7 Å². The summed E-state index contributed by atoms with van der Waals surface area (Å²) in [5, 5.41) is 6.89. The van der Waals surface area contributed by atoms with Crippen LogP contribution >= 0.6 is 11.6 Å². The van der Waals surface area contributed by atoms with Crippen LogP contribution in [0.15, 0.2) is 45.1 Å². The van der Waals surface area contributed by atoms with E-state index in [0.717, 1.165) is 29.5 Å². The fraction of sp³-hybridized carbons (Fsp3) is 0.483. The number of anilines is 1. The number of aromatic amines is 1. The zero-order valence-electron chi connectivity index (χ0n) is 23.1. The number of fused-ring (bicyclic) bond motifs is 1. The topological polar surface area (TPSA) is 115 Å². The first-order chi connectivity index (χ1) is 19.4. The molecule has 40 heavy (non-hydrogen) atoms. The maximum Gasteiger partial charge on any atom is 0.434 e. The fourth-order valence-corrected chi connectivity index (χ4v) is 6.03. The van der Waals surface area contributed by atoms with Gasteiger partial charge >= 0.3 is 5.76 Å². The lowest BCUT2D eigenvalue weighted by atomic mass is 9.83. The summed E-state index contributed by atoms with van der Waals surface area (Å²) in [4.78, 5) is 28.9. The molecule has 1 N–H and O–H groups in total. The lowest BCUT2D eigenvalue weighted by molar-refractivity contribution is 0.104. The number of benzene rings is 1. The number of aromatic nitrogens is 6. The predicted octanol–water partition coefficient (Wildman–Crippen LogP) is 5.49. The monoisotopic (exact) mass is 563 g/mol. The lowest BCUT2D eigenvalue weighted by Crippen LogP contribution is -2.46. The Balaban J connectivity index is 1.58. The van der Waals surface area contributed by atoms with Gasteiger partial charge in [-0.1, -0.05) is 55.1 Å². The third-order valence-corrected chi connectivity index (χ3v) is 8.07. The molecule has 11 heteroatoms. The Morgan fingerprint density at radius 2 is 2.00 bits per heavy atom. The third kappa shape index (κ3) is 5.42. The highest BCUT2D eigenvalue weighted by Gasteiger charge is 2.31. The average molecular weight is 564 g/mol. The van der Waals surface area contributed by atoms with Crippen molar-refractivity contribution in [1.82, 2.24) is 29.7 Å². The number of nitrogens with one attached hydrogen (secondary N) is 1. The summed E-state index contributed by atoms with van der Waals surface area (Å²) in [5.74, 6) is 1.66. The van der Waals surface area contributed by atoms with Gasteiger partial charge in [0.2, 0.25) is 11.8 Å².